The lowest BCUT2D eigenvalue weighted by Crippen LogP contribution is -2.45. The summed E-state index contributed by atoms with van der Waals surface area (Å²) in [6.45, 7) is 10.2. The van der Waals surface area contributed by atoms with Crippen molar-refractivity contribution in [3.8, 4) is 0 Å². The van der Waals surface area contributed by atoms with Gasteiger partial charge < -0.3 is 9.47 Å². The minimum Gasteiger partial charge on any atom is -0.381 e. The monoisotopic (exact) mass is 186 g/mol. The summed E-state index contributed by atoms with van der Waals surface area (Å²) < 4.78 is 10.9. The molecule has 0 aliphatic carbocycles. The molecule has 78 valence electrons. The lowest BCUT2D eigenvalue weighted by atomic mass is 9.84. The molecule has 0 unspecified atom stereocenters. The summed E-state index contributed by atoms with van der Waals surface area (Å²) in [7, 11) is 0. The van der Waals surface area contributed by atoms with E-state index in [0.717, 1.165) is 32.3 Å². The third-order valence-corrected chi connectivity index (χ3v) is 2.81. The molecule has 1 saturated heterocycles. The summed E-state index contributed by atoms with van der Waals surface area (Å²) >= 11 is 0. The maximum atomic E-state index is 5.66. The van der Waals surface area contributed by atoms with Crippen molar-refractivity contribution >= 4 is 0 Å². The fraction of sp³-hybridized carbons (Fsp3) is 1.00. The van der Waals surface area contributed by atoms with Crippen LogP contribution >= 0.6 is 0 Å². The normalized spacial score (nSPS) is 20.3. The molecule has 0 aromatic rings. The number of hydrogen-bond acceptors (Lipinski definition) is 2. The van der Waals surface area contributed by atoms with Crippen LogP contribution in [0.5, 0.6) is 0 Å². The van der Waals surface area contributed by atoms with E-state index in [1.807, 2.05) is 0 Å². The van der Waals surface area contributed by atoms with Crippen molar-refractivity contribution in [1.82, 2.24) is 0 Å². The molecule has 0 atom stereocenters. The first-order valence-corrected chi connectivity index (χ1v) is 5.34. The average Bonchev–Trinajstić information content (AvgIpc) is 2.01. The van der Waals surface area contributed by atoms with Crippen molar-refractivity contribution in [3.63, 3.8) is 0 Å². The van der Waals surface area contributed by atoms with E-state index >= 15 is 0 Å². The highest BCUT2D eigenvalue weighted by Gasteiger charge is 2.36. The molecule has 0 bridgehead atoms. The van der Waals surface area contributed by atoms with Gasteiger partial charge in [0.2, 0.25) is 0 Å². The Kier molecular flexibility index (Phi) is 4.20. The van der Waals surface area contributed by atoms with Gasteiger partial charge in [0, 0.05) is 12.0 Å². The SMILES string of the molecule is CCC1(COCCC(C)C)COC1. The van der Waals surface area contributed by atoms with E-state index in [4.69, 9.17) is 9.47 Å². The van der Waals surface area contributed by atoms with Gasteiger partial charge in [0.1, 0.15) is 0 Å². The van der Waals surface area contributed by atoms with Gasteiger partial charge in [-0.25, -0.2) is 0 Å². The van der Waals surface area contributed by atoms with E-state index in [1.165, 1.54) is 12.8 Å². The van der Waals surface area contributed by atoms with Gasteiger partial charge in [0.25, 0.3) is 0 Å². The van der Waals surface area contributed by atoms with Crippen LogP contribution in [0.3, 0.4) is 0 Å². The molecule has 2 nitrogen and oxygen atoms in total. The first-order chi connectivity index (χ1) is 6.18. The Labute approximate surface area is 81.6 Å². The molecule has 0 radical (unpaired) electrons. The number of rotatable bonds is 6. The Morgan fingerprint density at radius 2 is 2.08 bits per heavy atom. The molecule has 1 fully saturated rings. The predicted octanol–water partition coefficient (Wildman–Crippen LogP) is 2.48. The van der Waals surface area contributed by atoms with E-state index in [-0.39, 0.29) is 0 Å². The molecule has 1 rings (SSSR count). The summed E-state index contributed by atoms with van der Waals surface area (Å²) in [6, 6.07) is 0. The molecule has 1 aliphatic heterocycles. The zero-order valence-electron chi connectivity index (χ0n) is 9.14. The molecular formula is C11H22O2. The summed E-state index contributed by atoms with van der Waals surface area (Å²) in [5.41, 5.74) is 0.358. The topological polar surface area (TPSA) is 18.5 Å². The van der Waals surface area contributed by atoms with E-state index < -0.39 is 0 Å². The van der Waals surface area contributed by atoms with Crippen molar-refractivity contribution in [2.24, 2.45) is 11.3 Å². The molecule has 1 heterocycles. The maximum Gasteiger partial charge on any atom is 0.0566 e. The van der Waals surface area contributed by atoms with Gasteiger partial charge >= 0.3 is 0 Å². The van der Waals surface area contributed by atoms with Crippen LogP contribution < -0.4 is 0 Å². The Bertz CT molecular complexity index is 134. The van der Waals surface area contributed by atoms with Crippen molar-refractivity contribution in [3.05, 3.63) is 0 Å². The van der Waals surface area contributed by atoms with Crippen LogP contribution in [0, 0.1) is 11.3 Å². The minimum atomic E-state index is 0.358. The van der Waals surface area contributed by atoms with Crippen LogP contribution in [0.4, 0.5) is 0 Å². The van der Waals surface area contributed by atoms with Gasteiger partial charge in [-0.3, -0.25) is 0 Å². The molecule has 0 amide bonds. The highest BCUT2D eigenvalue weighted by molar-refractivity contribution is 4.83. The molecule has 13 heavy (non-hydrogen) atoms. The van der Waals surface area contributed by atoms with E-state index in [2.05, 4.69) is 20.8 Å². The van der Waals surface area contributed by atoms with Gasteiger partial charge in [-0.1, -0.05) is 20.8 Å². The fourth-order valence-electron chi connectivity index (χ4n) is 1.39. The highest BCUT2D eigenvalue weighted by Crippen LogP contribution is 2.31. The van der Waals surface area contributed by atoms with E-state index in [0.29, 0.717) is 5.41 Å². The largest absolute Gasteiger partial charge is 0.381 e. The Balaban J connectivity index is 2.04. The first-order valence-electron chi connectivity index (χ1n) is 5.34. The fourth-order valence-corrected chi connectivity index (χ4v) is 1.39. The minimum absolute atomic E-state index is 0.358. The van der Waals surface area contributed by atoms with Crippen LogP contribution in [-0.2, 0) is 9.47 Å². The summed E-state index contributed by atoms with van der Waals surface area (Å²) in [4.78, 5) is 0. The van der Waals surface area contributed by atoms with Gasteiger partial charge in [-0.05, 0) is 18.8 Å². The molecule has 0 aromatic heterocycles. The Morgan fingerprint density at radius 1 is 1.38 bits per heavy atom. The molecular weight excluding hydrogens is 164 g/mol. The second-order valence-corrected chi connectivity index (χ2v) is 4.58. The zero-order valence-corrected chi connectivity index (χ0v) is 9.14. The molecule has 0 saturated carbocycles. The van der Waals surface area contributed by atoms with Gasteiger partial charge in [-0.2, -0.15) is 0 Å². The zero-order chi connectivity index (χ0) is 9.73. The smallest absolute Gasteiger partial charge is 0.0566 e. The van der Waals surface area contributed by atoms with Crippen LogP contribution in [-0.4, -0.2) is 26.4 Å². The second kappa shape index (κ2) is 4.97. The summed E-state index contributed by atoms with van der Waals surface area (Å²) in [5.74, 6) is 0.746. The molecule has 0 aromatic carbocycles. The maximum absolute atomic E-state index is 5.66. The third-order valence-electron chi connectivity index (χ3n) is 2.81. The van der Waals surface area contributed by atoms with Crippen LogP contribution in [0.1, 0.15) is 33.6 Å². The Hall–Kier alpha value is -0.0800. The predicted molar refractivity (Wildman–Crippen MR) is 53.8 cm³/mol. The average molecular weight is 186 g/mol. The lowest BCUT2D eigenvalue weighted by molar-refractivity contribution is -0.150. The highest BCUT2D eigenvalue weighted by atomic mass is 16.5. The van der Waals surface area contributed by atoms with Crippen LogP contribution in [0.2, 0.25) is 0 Å². The van der Waals surface area contributed by atoms with Crippen molar-refractivity contribution < 1.29 is 9.47 Å². The van der Waals surface area contributed by atoms with E-state index in [1.54, 1.807) is 0 Å². The molecule has 1 aliphatic rings. The van der Waals surface area contributed by atoms with Crippen molar-refractivity contribution in [2.45, 2.75) is 33.6 Å². The molecule has 0 N–H and O–H groups in total. The molecule has 0 spiro atoms. The van der Waals surface area contributed by atoms with Crippen molar-refractivity contribution in [1.29, 1.82) is 0 Å². The summed E-state index contributed by atoms with van der Waals surface area (Å²) in [6.07, 6.45) is 2.34. The van der Waals surface area contributed by atoms with Crippen LogP contribution in [0.15, 0.2) is 0 Å². The first kappa shape index (κ1) is 11.0. The van der Waals surface area contributed by atoms with Crippen molar-refractivity contribution in [2.75, 3.05) is 26.4 Å². The number of hydrogen-bond donors (Lipinski definition) is 0. The van der Waals surface area contributed by atoms with Gasteiger partial charge in [0.05, 0.1) is 19.8 Å². The van der Waals surface area contributed by atoms with Gasteiger partial charge in [0.15, 0.2) is 0 Å². The van der Waals surface area contributed by atoms with Crippen LogP contribution in [0.25, 0.3) is 0 Å². The second-order valence-electron chi connectivity index (χ2n) is 4.58. The quantitative estimate of drug-likeness (QED) is 0.593. The number of ether oxygens (including phenoxy) is 2. The third kappa shape index (κ3) is 3.28. The standard InChI is InChI=1S/C11H22O2/c1-4-11(8-13-9-11)7-12-6-5-10(2)3/h10H,4-9H2,1-3H3. The van der Waals surface area contributed by atoms with Gasteiger partial charge in [-0.15, -0.1) is 0 Å². The summed E-state index contributed by atoms with van der Waals surface area (Å²) in [5, 5.41) is 0. The Morgan fingerprint density at radius 3 is 2.46 bits per heavy atom. The van der Waals surface area contributed by atoms with E-state index in [9.17, 15) is 0 Å². The molecule has 2 heteroatoms. The lowest BCUT2D eigenvalue weighted by Gasteiger charge is -2.40.